The molecule has 7 heterocycles. The first-order chi connectivity index (χ1) is 31.0. The molecule has 2 amide bonds. The molecule has 0 aliphatic carbocycles. The van der Waals surface area contributed by atoms with E-state index in [-0.39, 0.29) is 53.0 Å². The third kappa shape index (κ3) is 7.50. The number of piperidine rings is 2. The molecule has 7 aromatic rings. The average molecular weight is 861 g/mol. The van der Waals surface area contributed by atoms with E-state index in [4.69, 9.17) is 14.5 Å². The number of nitrogens with zero attached hydrogens (tertiary/aromatic N) is 7. The zero-order valence-electron chi connectivity index (χ0n) is 36.5. The Balaban J connectivity index is 0.772. The third-order valence-electron chi connectivity index (χ3n) is 13.1. The van der Waals surface area contributed by atoms with Gasteiger partial charge in [-0.1, -0.05) is 13.8 Å². The van der Waals surface area contributed by atoms with Crippen LogP contribution in [0, 0.1) is 5.92 Å². The van der Waals surface area contributed by atoms with Crippen LogP contribution in [-0.2, 0) is 16.1 Å². The number of rotatable bonds is 9. The summed E-state index contributed by atoms with van der Waals surface area (Å²) < 4.78 is 15.7. The van der Waals surface area contributed by atoms with Gasteiger partial charge < -0.3 is 39.2 Å². The molecule has 2 unspecified atom stereocenters. The van der Waals surface area contributed by atoms with Crippen LogP contribution in [-0.4, -0.2) is 89.4 Å². The van der Waals surface area contributed by atoms with Gasteiger partial charge in [0.05, 0.1) is 28.4 Å². The molecule has 3 aliphatic rings. The van der Waals surface area contributed by atoms with Gasteiger partial charge in [0.2, 0.25) is 11.7 Å². The van der Waals surface area contributed by atoms with E-state index >= 15 is 0 Å². The van der Waals surface area contributed by atoms with Crippen molar-refractivity contribution in [3.05, 3.63) is 108 Å². The largest absolute Gasteiger partial charge is 0.508 e. The van der Waals surface area contributed by atoms with Crippen LogP contribution in [0.4, 0.5) is 5.69 Å². The Hall–Kier alpha value is -7.09. The van der Waals surface area contributed by atoms with Crippen LogP contribution in [0.3, 0.4) is 0 Å². The number of benzene rings is 3. The maximum absolute atomic E-state index is 13.9. The molecular weight excluding hydrogens is 809 g/mol. The van der Waals surface area contributed by atoms with E-state index in [9.17, 15) is 19.8 Å². The average Bonchev–Trinajstić information content (AvgIpc) is 3.89. The fourth-order valence-corrected chi connectivity index (χ4v) is 9.70. The predicted octanol–water partition coefficient (Wildman–Crippen LogP) is 8.35. The topological polar surface area (TPSA) is 160 Å². The lowest BCUT2D eigenvalue weighted by Crippen LogP contribution is -2.49. The van der Waals surface area contributed by atoms with E-state index < -0.39 is 5.91 Å². The summed E-state index contributed by atoms with van der Waals surface area (Å²) in [6.45, 7) is 11.0. The normalized spacial score (nSPS) is 17.9. The molecule has 0 radical (unpaired) electrons. The van der Waals surface area contributed by atoms with Crippen LogP contribution in [0.5, 0.6) is 17.2 Å². The summed E-state index contributed by atoms with van der Waals surface area (Å²) in [6.07, 6.45) is 11.0. The quantitative estimate of drug-likeness (QED) is 0.129. The second-order valence-electron chi connectivity index (χ2n) is 17.6. The number of amides is 2. The zero-order chi connectivity index (χ0) is 44.2. The van der Waals surface area contributed by atoms with Crippen LogP contribution in [0.25, 0.3) is 50.5 Å². The molecule has 3 aliphatic heterocycles. The first-order valence-corrected chi connectivity index (χ1v) is 22.3. The minimum Gasteiger partial charge on any atom is -0.508 e. The lowest BCUT2D eigenvalue weighted by molar-refractivity contribution is -0.138. The molecule has 0 bridgehead atoms. The van der Waals surface area contributed by atoms with Gasteiger partial charge in [-0.2, -0.15) is 0 Å². The molecule has 2 fully saturated rings. The summed E-state index contributed by atoms with van der Waals surface area (Å²) >= 11 is 0. The molecule has 14 heteroatoms. The number of carbonyl (C=O) groups is 2. The monoisotopic (exact) mass is 860 g/mol. The van der Waals surface area contributed by atoms with Gasteiger partial charge in [0.15, 0.2) is 5.82 Å². The molecule has 2 saturated heterocycles. The van der Waals surface area contributed by atoms with E-state index in [0.29, 0.717) is 48.8 Å². The number of phenolic OH excluding ortho intramolecular Hbond substituents is 2. The van der Waals surface area contributed by atoms with E-state index in [0.717, 1.165) is 76.4 Å². The van der Waals surface area contributed by atoms with Crippen LogP contribution in [0.15, 0.2) is 85.4 Å². The van der Waals surface area contributed by atoms with Crippen molar-refractivity contribution in [2.45, 2.75) is 78.0 Å². The van der Waals surface area contributed by atoms with Crippen molar-refractivity contribution in [2.24, 2.45) is 5.92 Å². The summed E-state index contributed by atoms with van der Waals surface area (Å²) in [6, 6.07) is 21.5. The number of phenols is 2. The molecule has 0 spiro atoms. The van der Waals surface area contributed by atoms with Gasteiger partial charge >= 0.3 is 0 Å². The van der Waals surface area contributed by atoms with Gasteiger partial charge in [0, 0.05) is 97.2 Å². The van der Waals surface area contributed by atoms with Crippen molar-refractivity contribution >= 4 is 50.9 Å². The lowest BCUT2D eigenvalue weighted by atomic mass is 9.89. The highest BCUT2D eigenvalue weighted by Crippen LogP contribution is 2.39. The SMILES string of the molecule is CCNC(=O)c1nnc(-c2cc(C(C)C)c(O)cc2O)n1-c1ccc(OC2CCN(C(=O)C3CCN(c4ccc5nc6c(cc5c4)cn4cc5c(cc64)C=COC5)C(C)C3)CC2)cc1. The fourth-order valence-electron chi connectivity index (χ4n) is 9.70. The number of hydrogen-bond donors (Lipinski definition) is 3. The number of nitrogens with one attached hydrogen (secondary N) is 1. The number of aromatic nitrogens is 5. The number of ether oxygens (including phenoxy) is 2. The minimum absolute atomic E-state index is 0.0180. The smallest absolute Gasteiger partial charge is 0.289 e. The molecule has 64 heavy (non-hydrogen) atoms. The Bertz CT molecular complexity index is 2960. The Kier molecular flexibility index (Phi) is 10.6. The molecular formula is C50H52N8O6. The molecule has 3 aromatic carbocycles. The second-order valence-corrected chi connectivity index (χ2v) is 17.6. The van der Waals surface area contributed by atoms with Crippen molar-refractivity contribution in [3.8, 4) is 34.3 Å². The fraction of sp³-hybridized carbons (Fsp3) is 0.340. The van der Waals surface area contributed by atoms with E-state index in [1.165, 1.54) is 6.07 Å². The summed E-state index contributed by atoms with van der Waals surface area (Å²) in [5, 5.41) is 34.9. The molecule has 328 valence electrons. The van der Waals surface area contributed by atoms with Crippen LogP contribution in [0.1, 0.15) is 86.6 Å². The van der Waals surface area contributed by atoms with E-state index in [2.05, 4.69) is 74.5 Å². The zero-order valence-corrected chi connectivity index (χ0v) is 36.5. The van der Waals surface area contributed by atoms with E-state index in [1.54, 1.807) is 16.9 Å². The Labute approximate surface area is 370 Å². The van der Waals surface area contributed by atoms with Crippen molar-refractivity contribution < 1.29 is 29.3 Å². The number of anilines is 1. The van der Waals surface area contributed by atoms with Gasteiger partial charge in [-0.3, -0.25) is 14.2 Å². The van der Waals surface area contributed by atoms with Gasteiger partial charge in [-0.25, -0.2) is 4.98 Å². The standard InChI is InChI=1S/C50H52N8O6/c1-5-51-49(61)48-54-53-47(41-24-40(29(2)3)44(59)25-45(41)60)58(48)36-6-9-38(10-7-36)64-39-13-16-55(17-14-39)50(62)32-12-18-57(30(4)20-32)37-8-11-42-33(22-37)21-34-26-56-27-35-28-63-19-15-31(35)23-43(56)46(34)52-42/h6-11,15,19,21-27,29-30,32,39,59-60H,5,12-14,16-18,20,28H2,1-4H3,(H,51,61). The molecule has 2 atom stereocenters. The first-order valence-electron chi connectivity index (χ1n) is 22.3. The van der Waals surface area contributed by atoms with Crippen molar-refractivity contribution in [1.82, 2.24) is 34.4 Å². The summed E-state index contributed by atoms with van der Waals surface area (Å²) in [7, 11) is 0. The maximum atomic E-state index is 13.9. The maximum Gasteiger partial charge on any atom is 0.289 e. The van der Waals surface area contributed by atoms with Crippen LogP contribution >= 0.6 is 0 Å². The number of likely N-dealkylation sites (tertiary alicyclic amines) is 1. The predicted molar refractivity (Wildman–Crippen MR) is 246 cm³/mol. The highest BCUT2D eigenvalue weighted by atomic mass is 16.5. The molecule has 4 aromatic heterocycles. The second kappa shape index (κ2) is 16.6. The van der Waals surface area contributed by atoms with Gasteiger partial charge in [0.25, 0.3) is 5.91 Å². The Morgan fingerprint density at radius 1 is 0.906 bits per heavy atom. The highest BCUT2D eigenvalue weighted by molar-refractivity contribution is 6.02. The van der Waals surface area contributed by atoms with Crippen molar-refractivity contribution in [2.75, 3.05) is 31.1 Å². The summed E-state index contributed by atoms with van der Waals surface area (Å²) in [4.78, 5) is 36.6. The molecule has 3 N–H and O–H groups in total. The highest BCUT2D eigenvalue weighted by Gasteiger charge is 2.35. The van der Waals surface area contributed by atoms with E-state index in [1.807, 2.05) is 56.0 Å². The van der Waals surface area contributed by atoms with Crippen LogP contribution < -0.4 is 15.0 Å². The van der Waals surface area contributed by atoms with Crippen molar-refractivity contribution in [1.29, 1.82) is 0 Å². The van der Waals surface area contributed by atoms with Gasteiger partial charge in [0.1, 0.15) is 30.0 Å². The summed E-state index contributed by atoms with van der Waals surface area (Å²) in [5.74, 6) is 0.573. The lowest BCUT2D eigenvalue weighted by Gasteiger charge is -2.41. The first kappa shape index (κ1) is 41.0. The number of fused-ring (bicyclic) bond motifs is 5. The number of hydrogen-bond acceptors (Lipinski definition) is 10. The number of pyridine rings is 2. The summed E-state index contributed by atoms with van der Waals surface area (Å²) in [5.41, 5.74) is 8.09. The molecule has 14 nitrogen and oxygen atoms in total. The third-order valence-corrected chi connectivity index (χ3v) is 13.1. The number of aromatic hydroxyl groups is 2. The van der Waals surface area contributed by atoms with Crippen molar-refractivity contribution in [3.63, 3.8) is 0 Å². The van der Waals surface area contributed by atoms with Gasteiger partial charge in [-0.05, 0) is 110 Å². The Morgan fingerprint density at radius 2 is 1.70 bits per heavy atom. The minimum atomic E-state index is -0.409. The Morgan fingerprint density at radius 3 is 2.47 bits per heavy atom. The number of carbonyl (C=O) groups excluding carboxylic acids is 2. The van der Waals surface area contributed by atoms with Gasteiger partial charge in [-0.15, -0.1) is 10.2 Å². The molecule has 10 rings (SSSR count). The van der Waals surface area contributed by atoms with Crippen LogP contribution in [0.2, 0.25) is 0 Å². The molecule has 0 saturated carbocycles.